The molecule has 0 saturated carbocycles. The molecule has 0 unspecified atom stereocenters. The highest BCUT2D eigenvalue weighted by Gasteiger charge is 2.30. The molecule has 1 aromatic rings. The first-order chi connectivity index (χ1) is 9.10. The number of hydrogen-bond donors (Lipinski definition) is 3. The molecular formula is C14H21NO4. The van der Waals surface area contributed by atoms with Crippen LogP contribution in [0, 0.1) is 0 Å². The van der Waals surface area contributed by atoms with E-state index >= 15 is 0 Å². The first kappa shape index (κ1) is 15.5. The lowest BCUT2D eigenvalue weighted by molar-refractivity contribution is 0.0632. The van der Waals surface area contributed by atoms with E-state index in [9.17, 15) is 15.0 Å². The Morgan fingerprint density at radius 3 is 2.58 bits per heavy atom. The molecule has 19 heavy (non-hydrogen) atoms. The van der Waals surface area contributed by atoms with Crippen LogP contribution in [0.3, 0.4) is 0 Å². The van der Waals surface area contributed by atoms with E-state index in [2.05, 4.69) is 5.32 Å². The third kappa shape index (κ3) is 3.94. The van der Waals surface area contributed by atoms with E-state index in [-0.39, 0.29) is 19.1 Å². The summed E-state index contributed by atoms with van der Waals surface area (Å²) in [5.41, 5.74) is -0.545. The van der Waals surface area contributed by atoms with Crippen LogP contribution in [-0.2, 0) is 0 Å². The summed E-state index contributed by atoms with van der Waals surface area (Å²) in [4.78, 5) is 12.1. The van der Waals surface area contributed by atoms with Crippen molar-refractivity contribution in [1.29, 1.82) is 0 Å². The normalized spacial score (nSPS) is 11.2. The molecular weight excluding hydrogens is 246 g/mol. The van der Waals surface area contributed by atoms with Crippen LogP contribution >= 0.6 is 0 Å². The standard InChI is InChI=1S/C14H21NO4/c1-3-7-14(9-16,10-17)15-13(18)11-5-4-6-12(8-11)19-2/h4-6,8,16-17H,3,7,9-10H2,1-2H3,(H,15,18). The minimum Gasteiger partial charge on any atom is -0.497 e. The second-order valence-electron chi connectivity index (χ2n) is 4.53. The summed E-state index contributed by atoms with van der Waals surface area (Å²) in [5, 5.41) is 21.5. The van der Waals surface area contributed by atoms with Crippen LogP contribution in [0.1, 0.15) is 30.1 Å². The van der Waals surface area contributed by atoms with Crippen molar-refractivity contribution in [2.75, 3.05) is 20.3 Å². The molecule has 0 saturated heterocycles. The van der Waals surface area contributed by atoms with Gasteiger partial charge in [-0.1, -0.05) is 19.4 Å². The zero-order valence-corrected chi connectivity index (χ0v) is 11.3. The Morgan fingerprint density at radius 1 is 1.37 bits per heavy atom. The van der Waals surface area contributed by atoms with E-state index in [0.29, 0.717) is 17.7 Å². The fraction of sp³-hybridized carbons (Fsp3) is 0.500. The van der Waals surface area contributed by atoms with E-state index in [0.717, 1.165) is 6.42 Å². The Labute approximate surface area is 113 Å². The number of methoxy groups -OCH3 is 1. The van der Waals surface area contributed by atoms with Crippen LogP contribution in [0.25, 0.3) is 0 Å². The highest BCUT2D eigenvalue weighted by molar-refractivity contribution is 5.95. The molecule has 106 valence electrons. The summed E-state index contributed by atoms with van der Waals surface area (Å²) in [5.74, 6) is 0.247. The molecule has 0 aliphatic rings. The smallest absolute Gasteiger partial charge is 0.252 e. The van der Waals surface area contributed by atoms with Crippen LogP contribution < -0.4 is 10.1 Å². The number of aliphatic hydroxyl groups is 2. The van der Waals surface area contributed by atoms with Gasteiger partial charge in [0.05, 0.1) is 25.9 Å². The van der Waals surface area contributed by atoms with E-state index in [1.54, 1.807) is 24.3 Å². The van der Waals surface area contributed by atoms with Crippen molar-refractivity contribution in [1.82, 2.24) is 5.32 Å². The molecule has 0 bridgehead atoms. The first-order valence-corrected chi connectivity index (χ1v) is 6.29. The second-order valence-corrected chi connectivity index (χ2v) is 4.53. The maximum atomic E-state index is 12.1. The predicted octanol–water partition coefficient (Wildman–Crippen LogP) is 0.948. The molecule has 0 heterocycles. The van der Waals surface area contributed by atoms with Gasteiger partial charge in [0.1, 0.15) is 5.75 Å². The molecule has 0 fully saturated rings. The Morgan fingerprint density at radius 2 is 2.05 bits per heavy atom. The Kier molecular flexibility index (Phi) is 5.79. The average Bonchev–Trinajstić information content (AvgIpc) is 2.46. The lowest BCUT2D eigenvalue weighted by Crippen LogP contribution is -2.54. The van der Waals surface area contributed by atoms with Gasteiger partial charge in [-0.15, -0.1) is 0 Å². The monoisotopic (exact) mass is 267 g/mol. The number of hydrogen-bond acceptors (Lipinski definition) is 4. The summed E-state index contributed by atoms with van der Waals surface area (Å²) < 4.78 is 5.06. The summed E-state index contributed by atoms with van der Waals surface area (Å²) in [6, 6.07) is 6.73. The number of aliphatic hydroxyl groups excluding tert-OH is 2. The van der Waals surface area contributed by atoms with E-state index in [1.807, 2.05) is 6.92 Å². The third-order valence-electron chi connectivity index (χ3n) is 3.04. The van der Waals surface area contributed by atoms with Gasteiger partial charge in [-0.25, -0.2) is 0 Å². The summed E-state index contributed by atoms with van der Waals surface area (Å²) in [7, 11) is 1.53. The highest BCUT2D eigenvalue weighted by atomic mass is 16.5. The molecule has 0 radical (unpaired) electrons. The van der Waals surface area contributed by atoms with Crippen LogP contribution in [0.4, 0.5) is 0 Å². The quantitative estimate of drug-likeness (QED) is 0.687. The molecule has 3 N–H and O–H groups in total. The molecule has 1 rings (SSSR count). The largest absolute Gasteiger partial charge is 0.497 e. The van der Waals surface area contributed by atoms with Crippen molar-refractivity contribution in [2.45, 2.75) is 25.3 Å². The second kappa shape index (κ2) is 7.11. The molecule has 0 aromatic heterocycles. The number of amides is 1. The maximum absolute atomic E-state index is 12.1. The number of carbonyl (C=O) groups is 1. The lowest BCUT2D eigenvalue weighted by atomic mass is 9.95. The van der Waals surface area contributed by atoms with Gasteiger partial charge in [-0.3, -0.25) is 4.79 Å². The first-order valence-electron chi connectivity index (χ1n) is 6.29. The highest BCUT2D eigenvalue weighted by Crippen LogP contribution is 2.16. The van der Waals surface area contributed by atoms with Crippen molar-refractivity contribution >= 4 is 5.91 Å². The van der Waals surface area contributed by atoms with Gasteiger partial charge >= 0.3 is 0 Å². The Balaban J connectivity index is 2.87. The fourth-order valence-corrected chi connectivity index (χ4v) is 1.91. The average molecular weight is 267 g/mol. The topological polar surface area (TPSA) is 78.8 Å². The van der Waals surface area contributed by atoms with E-state index in [1.165, 1.54) is 7.11 Å². The van der Waals surface area contributed by atoms with Gasteiger partial charge < -0.3 is 20.3 Å². The van der Waals surface area contributed by atoms with Gasteiger partial charge in [0, 0.05) is 5.56 Å². The zero-order valence-electron chi connectivity index (χ0n) is 11.3. The molecule has 1 aromatic carbocycles. The van der Waals surface area contributed by atoms with Crippen LogP contribution in [-0.4, -0.2) is 42.0 Å². The summed E-state index contributed by atoms with van der Waals surface area (Å²) >= 11 is 0. The molecule has 1 amide bonds. The number of ether oxygens (including phenoxy) is 1. The van der Waals surface area contributed by atoms with Gasteiger partial charge in [0.2, 0.25) is 0 Å². The zero-order chi connectivity index (χ0) is 14.3. The number of benzene rings is 1. The molecule has 0 atom stereocenters. The van der Waals surface area contributed by atoms with Crippen molar-refractivity contribution in [3.63, 3.8) is 0 Å². The van der Waals surface area contributed by atoms with Crippen molar-refractivity contribution in [2.24, 2.45) is 0 Å². The van der Waals surface area contributed by atoms with Crippen molar-refractivity contribution in [3.05, 3.63) is 29.8 Å². The van der Waals surface area contributed by atoms with Gasteiger partial charge in [-0.05, 0) is 24.6 Å². The van der Waals surface area contributed by atoms with Crippen LogP contribution in [0.2, 0.25) is 0 Å². The number of nitrogens with one attached hydrogen (secondary N) is 1. The maximum Gasteiger partial charge on any atom is 0.252 e. The van der Waals surface area contributed by atoms with Crippen LogP contribution in [0.15, 0.2) is 24.3 Å². The number of carbonyl (C=O) groups excluding carboxylic acids is 1. The fourth-order valence-electron chi connectivity index (χ4n) is 1.91. The van der Waals surface area contributed by atoms with Gasteiger partial charge in [0.25, 0.3) is 5.91 Å². The Hall–Kier alpha value is -1.59. The molecule has 0 aliphatic heterocycles. The molecule has 0 spiro atoms. The SMILES string of the molecule is CCCC(CO)(CO)NC(=O)c1cccc(OC)c1. The van der Waals surface area contributed by atoms with Crippen molar-refractivity contribution < 1.29 is 19.7 Å². The Bertz CT molecular complexity index is 416. The van der Waals surface area contributed by atoms with E-state index < -0.39 is 5.54 Å². The summed E-state index contributed by atoms with van der Waals surface area (Å²) in [6.45, 7) is 1.33. The van der Waals surface area contributed by atoms with Gasteiger partial charge in [-0.2, -0.15) is 0 Å². The third-order valence-corrected chi connectivity index (χ3v) is 3.04. The minimum absolute atomic E-state index is 0.299. The van der Waals surface area contributed by atoms with Gasteiger partial charge in [0.15, 0.2) is 0 Å². The summed E-state index contributed by atoms with van der Waals surface area (Å²) in [6.07, 6.45) is 1.26. The van der Waals surface area contributed by atoms with Crippen molar-refractivity contribution in [3.8, 4) is 5.75 Å². The predicted molar refractivity (Wildman–Crippen MR) is 72.3 cm³/mol. The molecule has 5 heteroatoms. The van der Waals surface area contributed by atoms with E-state index in [4.69, 9.17) is 4.74 Å². The minimum atomic E-state index is -0.977. The number of rotatable bonds is 7. The van der Waals surface area contributed by atoms with Crippen LogP contribution in [0.5, 0.6) is 5.75 Å². The molecule has 5 nitrogen and oxygen atoms in total. The lowest BCUT2D eigenvalue weighted by Gasteiger charge is -2.30. The molecule has 0 aliphatic carbocycles.